The van der Waals surface area contributed by atoms with E-state index in [1.807, 2.05) is 42.5 Å². The van der Waals surface area contributed by atoms with Gasteiger partial charge >= 0.3 is 5.69 Å². The highest BCUT2D eigenvalue weighted by molar-refractivity contribution is 6.32. The topological polar surface area (TPSA) is 62.7 Å². The maximum atomic E-state index is 12.0. The van der Waals surface area contributed by atoms with E-state index in [0.717, 1.165) is 5.69 Å². The maximum absolute atomic E-state index is 12.0. The molecule has 22 heavy (non-hydrogen) atoms. The molecule has 0 amide bonds. The molecule has 2 N–H and O–H groups in total. The van der Waals surface area contributed by atoms with Crippen molar-refractivity contribution in [2.24, 2.45) is 0 Å². The summed E-state index contributed by atoms with van der Waals surface area (Å²) in [6.45, 7) is 0.665. The SMILES string of the molecule is O=c1[nH]nc(CCNc2ccccc2)n1-c1ccccc1Cl. The molecule has 3 aromatic rings. The second kappa shape index (κ2) is 6.49. The first-order valence-corrected chi connectivity index (χ1v) is 7.33. The summed E-state index contributed by atoms with van der Waals surface area (Å²) in [7, 11) is 0. The first-order valence-electron chi connectivity index (χ1n) is 6.96. The molecule has 0 atom stereocenters. The Hall–Kier alpha value is -2.53. The quantitative estimate of drug-likeness (QED) is 0.761. The normalized spacial score (nSPS) is 10.6. The molecule has 1 heterocycles. The fourth-order valence-corrected chi connectivity index (χ4v) is 2.47. The van der Waals surface area contributed by atoms with E-state index in [0.29, 0.717) is 29.5 Å². The maximum Gasteiger partial charge on any atom is 0.347 e. The van der Waals surface area contributed by atoms with Gasteiger partial charge in [-0.25, -0.2) is 14.5 Å². The van der Waals surface area contributed by atoms with Gasteiger partial charge in [-0.05, 0) is 24.3 Å². The van der Waals surface area contributed by atoms with Crippen LogP contribution in [0.2, 0.25) is 5.02 Å². The minimum atomic E-state index is -0.289. The standard InChI is InChI=1S/C16H15ClN4O/c17-13-8-4-5-9-14(13)21-15(19-20-16(21)22)10-11-18-12-6-2-1-3-7-12/h1-9,18H,10-11H2,(H,20,22). The second-order valence-corrected chi connectivity index (χ2v) is 5.18. The molecule has 0 saturated heterocycles. The van der Waals surface area contributed by atoms with Crippen LogP contribution in [-0.2, 0) is 6.42 Å². The number of aromatic amines is 1. The largest absolute Gasteiger partial charge is 0.385 e. The Balaban J connectivity index is 1.78. The molecule has 6 heteroatoms. The van der Waals surface area contributed by atoms with E-state index >= 15 is 0 Å². The third-order valence-corrected chi connectivity index (χ3v) is 3.61. The van der Waals surface area contributed by atoms with Crippen molar-refractivity contribution in [1.29, 1.82) is 0 Å². The predicted octanol–water partition coefficient (Wildman–Crippen LogP) is 2.87. The highest BCUT2D eigenvalue weighted by Crippen LogP contribution is 2.19. The molecule has 0 bridgehead atoms. The van der Waals surface area contributed by atoms with E-state index in [-0.39, 0.29) is 5.69 Å². The van der Waals surface area contributed by atoms with Crippen molar-refractivity contribution in [3.63, 3.8) is 0 Å². The molecule has 1 aromatic heterocycles. The molecule has 0 radical (unpaired) electrons. The number of benzene rings is 2. The average Bonchev–Trinajstić information content (AvgIpc) is 2.90. The molecule has 5 nitrogen and oxygen atoms in total. The van der Waals surface area contributed by atoms with Crippen LogP contribution in [0.15, 0.2) is 59.4 Å². The van der Waals surface area contributed by atoms with Gasteiger partial charge in [0.15, 0.2) is 0 Å². The van der Waals surface area contributed by atoms with Crippen LogP contribution in [0.5, 0.6) is 0 Å². The number of hydrogen-bond donors (Lipinski definition) is 2. The van der Waals surface area contributed by atoms with E-state index in [1.165, 1.54) is 4.57 Å². The molecule has 2 aromatic carbocycles. The highest BCUT2D eigenvalue weighted by atomic mass is 35.5. The summed E-state index contributed by atoms with van der Waals surface area (Å²) in [5.41, 5.74) is 1.38. The lowest BCUT2D eigenvalue weighted by Gasteiger charge is -2.09. The third-order valence-electron chi connectivity index (χ3n) is 3.29. The number of halogens is 1. The van der Waals surface area contributed by atoms with Crippen LogP contribution in [-0.4, -0.2) is 21.3 Å². The lowest BCUT2D eigenvalue weighted by molar-refractivity contribution is 0.843. The number of nitrogens with zero attached hydrogens (tertiary/aromatic N) is 2. The number of aromatic nitrogens is 3. The molecule has 0 fully saturated rings. The van der Waals surface area contributed by atoms with Crippen LogP contribution in [0.1, 0.15) is 5.82 Å². The molecule has 0 unspecified atom stereocenters. The van der Waals surface area contributed by atoms with Gasteiger partial charge in [-0.1, -0.05) is 41.9 Å². The molecule has 0 aliphatic carbocycles. The Morgan fingerprint density at radius 2 is 1.82 bits per heavy atom. The summed E-state index contributed by atoms with van der Waals surface area (Å²) in [4.78, 5) is 12.0. The average molecular weight is 315 g/mol. The van der Waals surface area contributed by atoms with E-state index in [9.17, 15) is 4.79 Å². The van der Waals surface area contributed by atoms with Gasteiger partial charge in [0.2, 0.25) is 0 Å². The van der Waals surface area contributed by atoms with Crippen molar-refractivity contribution in [3.8, 4) is 5.69 Å². The lowest BCUT2D eigenvalue weighted by atomic mass is 10.3. The summed E-state index contributed by atoms with van der Waals surface area (Å²) < 4.78 is 1.51. The summed E-state index contributed by atoms with van der Waals surface area (Å²) in [5, 5.41) is 10.4. The van der Waals surface area contributed by atoms with Gasteiger partial charge in [-0.3, -0.25) is 0 Å². The van der Waals surface area contributed by atoms with Crippen molar-refractivity contribution < 1.29 is 0 Å². The fourth-order valence-electron chi connectivity index (χ4n) is 2.25. The van der Waals surface area contributed by atoms with Crippen LogP contribution >= 0.6 is 11.6 Å². The Kier molecular flexibility index (Phi) is 4.25. The number of para-hydroxylation sites is 2. The van der Waals surface area contributed by atoms with Gasteiger partial charge in [-0.2, -0.15) is 5.10 Å². The first kappa shape index (κ1) is 14.4. The lowest BCUT2D eigenvalue weighted by Crippen LogP contribution is -2.18. The molecule has 0 aliphatic rings. The van der Waals surface area contributed by atoms with Crippen LogP contribution in [0.3, 0.4) is 0 Å². The van der Waals surface area contributed by atoms with Crippen molar-refractivity contribution in [3.05, 3.63) is 75.9 Å². The van der Waals surface area contributed by atoms with Gasteiger partial charge in [-0.15, -0.1) is 0 Å². The Morgan fingerprint density at radius 1 is 1.09 bits per heavy atom. The first-order chi connectivity index (χ1) is 10.8. The monoisotopic (exact) mass is 314 g/mol. The van der Waals surface area contributed by atoms with Crippen LogP contribution in [0, 0.1) is 0 Å². The Labute approximate surface area is 132 Å². The number of anilines is 1. The summed E-state index contributed by atoms with van der Waals surface area (Å²) in [5.74, 6) is 0.640. The molecule has 0 aliphatic heterocycles. The van der Waals surface area contributed by atoms with E-state index < -0.39 is 0 Å². The molecular weight excluding hydrogens is 300 g/mol. The minimum Gasteiger partial charge on any atom is -0.385 e. The zero-order valence-electron chi connectivity index (χ0n) is 11.8. The smallest absolute Gasteiger partial charge is 0.347 e. The van der Waals surface area contributed by atoms with Crippen LogP contribution in [0.4, 0.5) is 5.69 Å². The van der Waals surface area contributed by atoms with E-state index in [2.05, 4.69) is 15.5 Å². The second-order valence-electron chi connectivity index (χ2n) is 4.77. The predicted molar refractivity (Wildman–Crippen MR) is 87.8 cm³/mol. The zero-order chi connectivity index (χ0) is 15.4. The molecule has 0 saturated carbocycles. The molecular formula is C16H15ClN4O. The van der Waals surface area contributed by atoms with Crippen LogP contribution < -0.4 is 11.0 Å². The number of rotatable bonds is 5. The van der Waals surface area contributed by atoms with Gasteiger partial charge in [0.1, 0.15) is 5.82 Å². The summed E-state index contributed by atoms with van der Waals surface area (Å²) >= 11 is 6.17. The zero-order valence-corrected chi connectivity index (χ0v) is 12.5. The van der Waals surface area contributed by atoms with Crippen LogP contribution in [0.25, 0.3) is 5.69 Å². The Bertz CT molecular complexity index is 810. The Morgan fingerprint density at radius 3 is 2.59 bits per heavy atom. The summed E-state index contributed by atoms with van der Waals surface area (Å²) in [6.07, 6.45) is 0.596. The molecule has 0 spiro atoms. The fraction of sp³-hybridized carbons (Fsp3) is 0.125. The number of nitrogens with one attached hydrogen (secondary N) is 2. The van der Waals surface area contributed by atoms with Crippen molar-refractivity contribution in [2.75, 3.05) is 11.9 Å². The third kappa shape index (κ3) is 3.04. The van der Waals surface area contributed by atoms with Gasteiger partial charge in [0.05, 0.1) is 10.7 Å². The van der Waals surface area contributed by atoms with Gasteiger partial charge in [0.25, 0.3) is 0 Å². The highest BCUT2D eigenvalue weighted by Gasteiger charge is 2.12. The van der Waals surface area contributed by atoms with Crippen molar-refractivity contribution >= 4 is 17.3 Å². The van der Waals surface area contributed by atoms with Gasteiger partial charge < -0.3 is 5.32 Å². The number of hydrogen-bond acceptors (Lipinski definition) is 3. The van der Waals surface area contributed by atoms with Crippen molar-refractivity contribution in [2.45, 2.75) is 6.42 Å². The number of H-pyrrole nitrogens is 1. The minimum absolute atomic E-state index is 0.289. The van der Waals surface area contributed by atoms with Crippen molar-refractivity contribution in [1.82, 2.24) is 14.8 Å². The van der Waals surface area contributed by atoms with E-state index in [4.69, 9.17) is 11.6 Å². The summed E-state index contributed by atoms with van der Waals surface area (Å²) in [6, 6.07) is 17.1. The molecule has 3 rings (SSSR count). The van der Waals surface area contributed by atoms with Gasteiger partial charge in [0, 0.05) is 18.7 Å². The van der Waals surface area contributed by atoms with E-state index in [1.54, 1.807) is 12.1 Å². The molecule has 112 valence electrons.